The molecule has 0 aromatic heterocycles. The first-order chi connectivity index (χ1) is 10.5. The molecule has 1 saturated carbocycles. The minimum atomic E-state index is -3.65. The summed E-state index contributed by atoms with van der Waals surface area (Å²) in [5, 5.41) is 0.0169. The fourth-order valence-electron chi connectivity index (χ4n) is 2.82. The van der Waals surface area contributed by atoms with Crippen LogP contribution in [-0.4, -0.2) is 32.8 Å². The Morgan fingerprint density at radius 2 is 2.00 bits per heavy atom. The highest BCUT2D eigenvalue weighted by molar-refractivity contribution is 7.90. The van der Waals surface area contributed by atoms with Gasteiger partial charge in [0.2, 0.25) is 15.9 Å². The van der Waals surface area contributed by atoms with Crippen LogP contribution in [0.25, 0.3) is 0 Å². The summed E-state index contributed by atoms with van der Waals surface area (Å²) in [6.07, 6.45) is 1.91. The minimum Gasteiger partial charge on any atom is -0.380 e. The molecule has 7 heteroatoms. The highest BCUT2D eigenvalue weighted by Crippen LogP contribution is 2.47. The van der Waals surface area contributed by atoms with Crippen LogP contribution in [0, 0.1) is 5.92 Å². The molecule has 1 heterocycles. The van der Waals surface area contributed by atoms with E-state index in [0.29, 0.717) is 30.9 Å². The fraction of sp³-hybridized carbons (Fsp3) is 0.533. The summed E-state index contributed by atoms with van der Waals surface area (Å²) in [5.41, 5.74) is 1.02. The van der Waals surface area contributed by atoms with Gasteiger partial charge in [-0.25, -0.2) is 8.42 Å². The van der Waals surface area contributed by atoms with Gasteiger partial charge >= 0.3 is 0 Å². The molecule has 5 nitrogen and oxygen atoms in total. The van der Waals surface area contributed by atoms with Crippen LogP contribution in [0.2, 0.25) is 5.02 Å². The highest BCUT2D eigenvalue weighted by atomic mass is 35.5. The van der Waals surface area contributed by atoms with Crippen molar-refractivity contribution in [1.82, 2.24) is 4.72 Å². The summed E-state index contributed by atoms with van der Waals surface area (Å²) >= 11 is 5.84. The van der Waals surface area contributed by atoms with E-state index in [1.807, 2.05) is 12.1 Å². The molecule has 22 heavy (non-hydrogen) atoms. The zero-order valence-electron chi connectivity index (χ0n) is 12.0. The normalized spacial score (nSPS) is 28.1. The van der Waals surface area contributed by atoms with E-state index >= 15 is 0 Å². The molecule has 3 atom stereocenters. The smallest absolute Gasteiger partial charge is 0.240 e. The van der Waals surface area contributed by atoms with Crippen LogP contribution in [0.15, 0.2) is 24.3 Å². The van der Waals surface area contributed by atoms with Crippen molar-refractivity contribution in [2.45, 2.75) is 30.4 Å². The van der Waals surface area contributed by atoms with Gasteiger partial charge in [0.15, 0.2) is 0 Å². The molecule has 1 unspecified atom stereocenters. The van der Waals surface area contributed by atoms with Crippen LogP contribution >= 0.6 is 11.6 Å². The van der Waals surface area contributed by atoms with E-state index in [-0.39, 0.29) is 18.4 Å². The summed E-state index contributed by atoms with van der Waals surface area (Å²) < 4.78 is 31.8. The van der Waals surface area contributed by atoms with Crippen molar-refractivity contribution in [3.05, 3.63) is 34.9 Å². The van der Waals surface area contributed by atoms with Crippen LogP contribution in [0.1, 0.15) is 30.7 Å². The minimum absolute atomic E-state index is 0.0788. The van der Waals surface area contributed by atoms with Gasteiger partial charge in [-0.2, -0.15) is 0 Å². The van der Waals surface area contributed by atoms with Crippen molar-refractivity contribution in [3.63, 3.8) is 0 Å². The Morgan fingerprint density at radius 1 is 1.27 bits per heavy atom. The first-order valence-electron chi connectivity index (χ1n) is 7.36. The molecule has 0 spiro atoms. The van der Waals surface area contributed by atoms with Crippen LogP contribution < -0.4 is 4.72 Å². The first kappa shape index (κ1) is 15.8. The monoisotopic (exact) mass is 343 g/mol. The summed E-state index contributed by atoms with van der Waals surface area (Å²) in [6.45, 7) is 0.745. The van der Waals surface area contributed by atoms with Crippen molar-refractivity contribution in [1.29, 1.82) is 0 Å². The van der Waals surface area contributed by atoms with Crippen LogP contribution in [0.4, 0.5) is 0 Å². The van der Waals surface area contributed by atoms with Gasteiger partial charge in [-0.15, -0.1) is 0 Å². The molecule has 1 N–H and O–H groups in total. The molecule has 1 aliphatic heterocycles. The summed E-state index contributed by atoms with van der Waals surface area (Å²) in [4.78, 5) is 12.2. The van der Waals surface area contributed by atoms with Gasteiger partial charge in [-0.05, 0) is 42.9 Å². The molecule has 1 aromatic carbocycles. The third-order valence-corrected chi connectivity index (χ3v) is 6.21. The van der Waals surface area contributed by atoms with Gasteiger partial charge in [0, 0.05) is 17.5 Å². The molecule has 1 aromatic rings. The molecule has 120 valence electrons. The topological polar surface area (TPSA) is 72.5 Å². The van der Waals surface area contributed by atoms with Crippen molar-refractivity contribution in [2.75, 3.05) is 13.2 Å². The Hall–Kier alpha value is -1.11. The Morgan fingerprint density at radius 3 is 2.64 bits per heavy atom. The van der Waals surface area contributed by atoms with Gasteiger partial charge in [-0.3, -0.25) is 9.52 Å². The molecule has 1 amide bonds. The number of benzene rings is 1. The molecular weight excluding hydrogens is 326 g/mol. The van der Waals surface area contributed by atoms with Gasteiger partial charge in [-0.1, -0.05) is 23.7 Å². The lowest BCUT2D eigenvalue weighted by atomic mass is 10.1. The summed E-state index contributed by atoms with van der Waals surface area (Å²) in [7, 11) is -3.65. The zero-order chi connectivity index (χ0) is 15.7. The number of carbonyl (C=O) groups is 1. The number of hydrogen-bond donors (Lipinski definition) is 1. The largest absolute Gasteiger partial charge is 0.380 e. The summed E-state index contributed by atoms with van der Waals surface area (Å²) in [5.74, 6) is -0.610. The lowest BCUT2D eigenvalue weighted by molar-refractivity contribution is -0.120. The molecule has 3 rings (SSSR count). The molecular formula is C15H18ClNO4S. The molecule has 2 aliphatic rings. The molecule has 1 saturated heterocycles. The van der Waals surface area contributed by atoms with E-state index < -0.39 is 21.2 Å². The van der Waals surface area contributed by atoms with Crippen molar-refractivity contribution in [2.24, 2.45) is 5.92 Å². The van der Waals surface area contributed by atoms with Gasteiger partial charge in [0.1, 0.15) is 5.25 Å². The second-order valence-corrected chi connectivity index (χ2v) is 8.25. The Kier molecular flexibility index (Phi) is 4.43. The third kappa shape index (κ3) is 3.45. The second-order valence-electron chi connectivity index (χ2n) is 5.85. The third-order valence-electron chi connectivity index (χ3n) is 4.23. The van der Waals surface area contributed by atoms with Gasteiger partial charge < -0.3 is 4.74 Å². The van der Waals surface area contributed by atoms with Gasteiger partial charge in [0.05, 0.1) is 6.61 Å². The average molecular weight is 344 g/mol. The van der Waals surface area contributed by atoms with E-state index in [1.54, 1.807) is 12.1 Å². The zero-order valence-corrected chi connectivity index (χ0v) is 13.6. The van der Waals surface area contributed by atoms with E-state index in [0.717, 1.165) is 5.56 Å². The Bertz CT molecular complexity index is 653. The maximum absolute atomic E-state index is 12.2. The van der Waals surface area contributed by atoms with Crippen LogP contribution in [0.5, 0.6) is 0 Å². The quantitative estimate of drug-likeness (QED) is 0.908. The lowest BCUT2D eigenvalue weighted by Crippen LogP contribution is -2.42. The Balaban J connectivity index is 1.60. The van der Waals surface area contributed by atoms with Crippen molar-refractivity contribution < 1.29 is 17.9 Å². The number of halogens is 1. The van der Waals surface area contributed by atoms with E-state index in [4.69, 9.17) is 16.3 Å². The van der Waals surface area contributed by atoms with Crippen LogP contribution in [0.3, 0.4) is 0 Å². The predicted molar refractivity (Wildman–Crippen MR) is 83.2 cm³/mol. The first-order valence-corrected chi connectivity index (χ1v) is 9.28. The highest BCUT2D eigenvalue weighted by Gasteiger charge is 2.45. The SMILES string of the molecule is O=C(NS(=O)(=O)C1CCCOC1)[C@@H]1C[C@H]1c1ccc(Cl)cc1. The second kappa shape index (κ2) is 6.18. The number of sulfonamides is 1. The van der Waals surface area contributed by atoms with E-state index in [1.165, 1.54) is 0 Å². The van der Waals surface area contributed by atoms with E-state index in [2.05, 4.69) is 4.72 Å². The lowest BCUT2D eigenvalue weighted by Gasteiger charge is -2.22. The molecule has 0 bridgehead atoms. The maximum atomic E-state index is 12.2. The number of carbonyl (C=O) groups excluding carboxylic acids is 1. The predicted octanol–water partition coefficient (Wildman–Crippen LogP) is 2.07. The number of hydrogen-bond acceptors (Lipinski definition) is 4. The van der Waals surface area contributed by atoms with Crippen molar-refractivity contribution in [3.8, 4) is 0 Å². The number of ether oxygens (including phenoxy) is 1. The van der Waals surface area contributed by atoms with E-state index in [9.17, 15) is 13.2 Å². The number of rotatable bonds is 4. The van der Waals surface area contributed by atoms with Gasteiger partial charge in [0.25, 0.3) is 0 Å². The summed E-state index contributed by atoms with van der Waals surface area (Å²) in [6, 6.07) is 7.31. The fourth-order valence-corrected chi connectivity index (χ4v) is 4.30. The van der Waals surface area contributed by atoms with Crippen molar-refractivity contribution >= 4 is 27.5 Å². The Labute approximate surface area is 135 Å². The van der Waals surface area contributed by atoms with Crippen LogP contribution in [-0.2, 0) is 19.6 Å². The molecule has 1 aliphatic carbocycles. The number of amides is 1. The standard InChI is InChI=1S/C15H18ClNO4S/c16-11-5-3-10(4-6-11)13-8-14(13)15(18)17-22(19,20)12-2-1-7-21-9-12/h3-6,12-14H,1-2,7-9H2,(H,17,18)/t12?,13-,14+/m0/s1. The number of nitrogens with one attached hydrogen (secondary N) is 1. The maximum Gasteiger partial charge on any atom is 0.240 e. The average Bonchev–Trinajstić information content (AvgIpc) is 3.29. The molecule has 2 fully saturated rings. The molecule has 0 radical (unpaired) electrons.